The second-order valence-electron chi connectivity index (χ2n) is 8.36. The molecule has 27 heavy (non-hydrogen) atoms. The van der Waals surface area contributed by atoms with Gasteiger partial charge in [-0.05, 0) is 32.1 Å². The van der Waals surface area contributed by atoms with E-state index in [0.717, 1.165) is 25.3 Å². The van der Waals surface area contributed by atoms with Crippen LogP contribution in [0.5, 0.6) is 0 Å². The Hall–Kier alpha value is -0.870. The Morgan fingerprint density at radius 2 is 1.41 bits per heavy atom. The first-order valence-electron chi connectivity index (χ1n) is 11.6. The zero-order chi connectivity index (χ0) is 19.6. The lowest BCUT2D eigenvalue weighted by atomic mass is 9.87. The molecule has 4 nitrogen and oxygen atoms in total. The Bertz CT molecular complexity index is 399. The van der Waals surface area contributed by atoms with Crippen LogP contribution in [0.1, 0.15) is 96.8 Å². The number of hydrogen-bond donors (Lipinski definition) is 3. The first-order chi connectivity index (χ1) is 13.3. The number of hydrogen-bond acceptors (Lipinski definition) is 4. The Kier molecular flexibility index (Phi) is 14.4. The molecule has 0 saturated heterocycles. The van der Waals surface area contributed by atoms with E-state index in [9.17, 15) is 0 Å². The molecule has 0 radical (unpaired) electrons. The molecule has 0 spiro atoms. The molecule has 0 saturated carbocycles. The van der Waals surface area contributed by atoms with Crippen molar-refractivity contribution in [2.45, 2.75) is 96.8 Å². The summed E-state index contributed by atoms with van der Waals surface area (Å²) in [5.41, 5.74) is 11.7. The molecule has 1 aliphatic rings. The van der Waals surface area contributed by atoms with Crippen molar-refractivity contribution in [2.24, 2.45) is 21.9 Å². The smallest absolute Gasteiger partial charge is 0.0963 e. The molecule has 0 aromatic rings. The predicted molar refractivity (Wildman–Crippen MR) is 120 cm³/mol. The van der Waals surface area contributed by atoms with Gasteiger partial charge in [0.25, 0.3) is 0 Å². The van der Waals surface area contributed by atoms with Crippen LogP contribution in [0.15, 0.2) is 17.1 Å². The van der Waals surface area contributed by atoms with Crippen LogP contribution in [0.3, 0.4) is 0 Å². The number of nitrogens with zero attached hydrogens (tertiary/aromatic N) is 1. The third kappa shape index (κ3) is 11.5. The topological polar surface area (TPSA) is 76.4 Å². The van der Waals surface area contributed by atoms with Gasteiger partial charge in [0.2, 0.25) is 0 Å². The van der Waals surface area contributed by atoms with Gasteiger partial charge in [-0.3, -0.25) is 4.99 Å². The Morgan fingerprint density at radius 3 is 1.93 bits per heavy atom. The third-order valence-corrected chi connectivity index (χ3v) is 5.81. The summed E-state index contributed by atoms with van der Waals surface area (Å²) in [5, 5.41) is 3.44. The van der Waals surface area contributed by atoms with Crippen molar-refractivity contribution in [3.63, 3.8) is 0 Å². The first kappa shape index (κ1) is 24.2. The molecule has 0 aromatic heterocycles. The van der Waals surface area contributed by atoms with E-state index in [0.29, 0.717) is 13.1 Å². The molecule has 158 valence electrons. The van der Waals surface area contributed by atoms with Gasteiger partial charge < -0.3 is 16.8 Å². The molecule has 1 rings (SSSR count). The Morgan fingerprint density at radius 1 is 0.852 bits per heavy atom. The van der Waals surface area contributed by atoms with E-state index in [4.69, 9.17) is 11.5 Å². The van der Waals surface area contributed by atoms with Crippen molar-refractivity contribution in [1.29, 1.82) is 0 Å². The van der Waals surface area contributed by atoms with E-state index in [-0.39, 0.29) is 5.41 Å². The van der Waals surface area contributed by atoms with Crippen LogP contribution >= 0.6 is 0 Å². The number of nitrogens with one attached hydrogen (secondary N) is 1. The average molecular weight is 379 g/mol. The number of allylic oxidation sites excluding steroid dienone is 2. The van der Waals surface area contributed by atoms with Gasteiger partial charge in [0.05, 0.1) is 12.4 Å². The second kappa shape index (κ2) is 16.1. The van der Waals surface area contributed by atoms with Crippen LogP contribution in [0.25, 0.3) is 0 Å². The fourth-order valence-corrected chi connectivity index (χ4v) is 3.55. The highest BCUT2D eigenvalue weighted by Crippen LogP contribution is 2.17. The number of rotatable bonds is 17. The SMILES string of the molecule is CCCCCCCCC=CCCCCCCCC1=NCC(CN)(CN)CN1. The van der Waals surface area contributed by atoms with Crippen LogP contribution in [0, 0.1) is 5.41 Å². The van der Waals surface area contributed by atoms with E-state index in [2.05, 4.69) is 29.4 Å². The fourth-order valence-electron chi connectivity index (χ4n) is 3.55. The molecule has 1 heterocycles. The summed E-state index contributed by atoms with van der Waals surface area (Å²) >= 11 is 0. The summed E-state index contributed by atoms with van der Waals surface area (Å²) < 4.78 is 0. The normalized spacial score (nSPS) is 16.5. The lowest BCUT2D eigenvalue weighted by molar-refractivity contribution is 0.307. The lowest BCUT2D eigenvalue weighted by Gasteiger charge is -2.34. The van der Waals surface area contributed by atoms with Gasteiger partial charge in [0.15, 0.2) is 0 Å². The molecule has 0 fully saturated rings. The van der Waals surface area contributed by atoms with E-state index < -0.39 is 0 Å². The van der Waals surface area contributed by atoms with E-state index in [1.54, 1.807) is 0 Å². The Balaban J connectivity index is 1.88. The Labute approximate surface area is 168 Å². The molecule has 0 unspecified atom stereocenters. The quantitative estimate of drug-likeness (QED) is 0.248. The van der Waals surface area contributed by atoms with Gasteiger partial charge in [-0.15, -0.1) is 0 Å². The van der Waals surface area contributed by atoms with Crippen LogP contribution in [0.4, 0.5) is 0 Å². The maximum absolute atomic E-state index is 5.84. The van der Waals surface area contributed by atoms with E-state index >= 15 is 0 Å². The van der Waals surface area contributed by atoms with Crippen LogP contribution in [-0.2, 0) is 0 Å². The average Bonchev–Trinajstić information content (AvgIpc) is 2.71. The van der Waals surface area contributed by atoms with Crippen molar-refractivity contribution >= 4 is 5.84 Å². The number of aliphatic imine (C=N–C) groups is 1. The van der Waals surface area contributed by atoms with E-state index in [1.165, 1.54) is 83.5 Å². The van der Waals surface area contributed by atoms with Gasteiger partial charge in [-0.2, -0.15) is 0 Å². The maximum Gasteiger partial charge on any atom is 0.0963 e. The minimum atomic E-state index is -0.0218. The van der Waals surface area contributed by atoms with Crippen molar-refractivity contribution in [3.05, 3.63) is 12.2 Å². The summed E-state index contributed by atoms with van der Waals surface area (Å²) in [4.78, 5) is 4.66. The fraction of sp³-hybridized carbons (Fsp3) is 0.870. The van der Waals surface area contributed by atoms with Gasteiger partial charge >= 0.3 is 0 Å². The summed E-state index contributed by atoms with van der Waals surface area (Å²) in [7, 11) is 0. The summed E-state index contributed by atoms with van der Waals surface area (Å²) in [5.74, 6) is 1.16. The van der Waals surface area contributed by atoms with Crippen molar-refractivity contribution in [2.75, 3.05) is 26.2 Å². The van der Waals surface area contributed by atoms with Crippen molar-refractivity contribution in [3.8, 4) is 0 Å². The zero-order valence-electron chi connectivity index (χ0n) is 18.0. The second-order valence-corrected chi connectivity index (χ2v) is 8.36. The molecule has 0 aromatic carbocycles. The molecular formula is C23H46N4. The van der Waals surface area contributed by atoms with Gasteiger partial charge in [-0.25, -0.2) is 0 Å². The molecule has 0 amide bonds. The van der Waals surface area contributed by atoms with Gasteiger partial charge in [0.1, 0.15) is 0 Å². The summed E-state index contributed by atoms with van der Waals surface area (Å²) in [6, 6.07) is 0. The van der Waals surface area contributed by atoms with Crippen LogP contribution < -0.4 is 16.8 Å². The maximum atomic E-state index is 5.84. The monoisotopic (exact) mass is 378 g/mol. The zero-order valence-corrected chi connectivity index (χ0v) is 18.0. The molecule has 0 bridgehead atoms. The molecule has 5 N–H and O–H groups in total. The summed E-state index contributed by atoms with van der Waals surface area (Å²) in [6.45, 7) is 5.17. The number of nitrogens with two attached hydrogens (primary N) is 2. The first-order valence-corrected chi connectivity index (χ1v) is 11.6. The highest BCUT2D eigenvalue weighted by molar-refractivity contribution is 5.82. The number of amidine groups is 1. The molecule has 0 atom stereocenters. The predicted octanol–water partition coefficient (Wildman–Crippen LogP) is 4.93. The largest absolute Gasteiger partial charge is 0.373 e. The molecule has 0 aliphatic carbocycles. The minimum absolute atomic E-state index is 0.0218. The standard InChI is InChI=1S/C23H46N4/c1-2-3-4-5-6-7-8-9-10-11-12-13-14-15-16-17-22-26-20-23(18-24,19-25)21-27-22/h9-10H,2-8,11-21,24-25H2,1H3,(H,26,27). The van der Waals surface area contributed by atoms with Crippen molar-refractivity contribution in [1.82, 2.24) is 5.32 Å². The lowest BCUT2D eigenvalue weighted by Crippen LogP contribution is -2.52. The third-order valence-electron chi connectivity index (χ3n) is 5.81. The van der Waals surface area contributed by atoms with Gasteiger partial charge in [0, 0.05) is 31.5 Å². The van der Waals surface area contributed by atoms with E-state index in [1.807, 2.05) is 0 Å². The van der Waals surface area contributed by atoms with Crippen LogP contribution in [-0.4, -0.2) is 32.0 Å². The van der Waals surface area contributed by atoms with Crippen molar-refractivity contribution < 1.29 is 0 Å². The van der Waals surface area contributed by atoms with Crippen LogP contribution in [0.2, 0.25) is 0 Å². The van der Waals surface area contributed by atoms with Gasteiger partial charge in [-0.1, -0.05) is 70.4 Å². The number of unbranched alkanes of at least 4 members (excludes halogenated alkanes) is 11. The summed E-state index contributed by atoms with van der Waals surface area (Å²) in [6.07, 6.45) is 23.3. The highest BCUT2D eigenvalue weighted by Gasteiger charge is 2.29. The minimum Gasteiger partial charge on any atom is -0.373 e. The molecular weight excluding hydrogens is 332 g/mol. The highest BCUT2D eigenvalue weighted by atomic mass is 15.1. The molecule has 1 aliphatic heterocycles. The molecule has 4 heteroatoms.